The van der Waals surface area contributed by atoms with Crippen molar-refractivity contribution in [1.82, 2.24) is 10.3 Å². The molecule has 0 atom stereocenters. The van der Waals surface area contributed by atoms with Gasteiger partial charge in [0.25, 0.3) is 0 Å². The van der Waals surface area contributed by atoms with Crippen LogP contribution in [0.1, 0.15) is 11.1 Å². The molecule has 20 heavy (non-hydrogen) atoms. The van der Waals surface area contributed by atoms with Crippen LogP contribution in [0.5, 0.6) is 0 Å². The molecule has 0 aliphatic rings. The molecule has 0 saturated carbocycles. The van der Waals surface area contributed by atoms with Crippen LogP contribution in [-0.2, 0) is 11.2 Å². The van der Waals surface area contributed by atoms with Crippen molar-refractivity contribution in [2.45, 2.75) is 6.42 Å². The number of benzene rings is 1. The van der Waals surface area contributed by atoms with E-state index in [9.17, 15) is 4.79 Å². The number of aromatic nitrogens is 1. The molecule has 0 aliphatic heterocycles. The number of hydrogen-bond acceptors (Lipinski definition) is 3. The SMILES string of the molecule is Nc1cccc(CCNC(=O)C=Cc2cccnc2)c1. The molecule has 0 aliphatic carbocycles. The summed E-state index contributed by atoms with van der Waals surface area (Å²) in [4.78, 5) is 15.6. The Kier molecular flexibility index (Phi) is 4.89. The molecule has 2 aromatic rings. The molecule has 3 N–H and O–H groups in total. The van der Waals surface area contributed by atoms with E-state index in [1.807, 2.05) is 36.4 Å². The number of amides is 1. The molecule has 1 aromatic heterocycles. The quantitative estimate of drug-likeness (QED) is 0.643. The summed E-state index contributed by atoms with van der Waals surface area (Å²) in [5.74, 6) is -0.113. The Morgan fingerprint density at radius 2 is 2.20 bits per heavy atom. The maximum absolute atomic E-state index is 11.6. The molecule has 0 fully saturated rings. The number of nitrogens with two attached hydrogens (primary N) is 1. The average molecular weight is 267 g/mol. The highest BCUT2D eigenvalue weighted by molar-refractivity contribution is 5.91. The predicted octanol–water partition coefficient (Wildman–Crippen LogP) is 2.04. The minimum atomic E-state index is -0.113. The molecule has 1 aromatic carbocycles. The Balaban J connectivity index is 1.77. The lowest BCUT2D eigenvalue weighted by molar-refractivity contribution is -0.116. The molecule has 2 rings (SSSR count). The van der Waals surface area contributed by atoms with E-state index in [0.29, 0.717) is 6.54 Å². The largest absolute Gasteiger partial charge is 0.399 e. The van der Waals surface area contributed by atoms with Gasteiger partial charge in [-0.25, -0.2) is 0 Å². The number of rotatable bonds is 5. The van der Waals surface area contributed by atoms with E-state index in [1.54, 1.807) is 18.5 Å². The first-order valence-electron chi connectivity index (χ1n) is 6.44. The highest BCUT2D eigenvalue weighted by Gasteiger charge is 1.97. The van der Waals surface area contributed by atoms with Gasteiger partial charge in [-0.1, -0.05) is 18.2 Å². The van der Waals surface area contributed by atoms with E-state index in [0.717, 1.165) is 23.2 Å². The molecule has 1 amide bonds. The molecular formula is C16H17N3O. The van der Waals surface area contributed by atoms with Crippen LogP contribution < -0.4 is 11.1 Å². The summed E-state index contributed by atoms with van der Waals surface area (Å²) >= 11 is 0. The average Bonchev–Trinajstić information content (AvgIpc) is 2.46. The predicted molar refractivity (Wildman–Crippen MR) is 80.8 cm³/mol. The molecule has 4 heteroatoms. The lowest BCUT2D eigenvalue weighted by atomic mass is 10.1. The second kappa shape index (κ2) is 7.09. The molecule has 0 spiro atoms. The van der Waals surface area contributed by atoms with Gasteiger partial charge < -0.3 is 11.1 Å². The molecule has 102 valence electrons. The van der Waals surface area contributed by atoms with Crippen molar-refractivity contribution in [3.8, 4) is 0 Å². The number of nitrogens with zero attached hydrogens (tertiary/aromatic N) is 1. The fourth-order valence-corrected chi connectivity index (χ4v) is 1.78. The molecule has 0 unspecified atom stereocenters. The van der Waals surface area contributed by atoms with E-state index < -0.39 is 0 Å². The Labute approximate surface area is 118 Å². The maximum atomic E-state index is 11.6. The number of anilines is 1. The third-order valence-corrected chi connectivity index (χ3v) is 2.78. The number of carbonyl (C=O) groups excluding carboxylic acids is 1. The summed E-state index contributed by atoms with van der Waals surface area (Å²) in [6.07, 6.45) is 7.41. The van der Waals surface area contributed by atoms with Gasteiger partial charge in [0, 0.05) is 30.7 Å². The summed E-state index contributed by atoms with van der Waals surface area (Å²) in [6.45, 7) is 0.583. The fraction of sp³-hybridized carbons (Fsp3) is 0.125. The van der Waals surface area contributed by atoms with E-state index >= 15 is 0 Å². The lowest BCUT2D eigenvalue weighted by Gasteiger charge is -2.03. The normalized spacial score (nSPS) is 10.6. The Morgan fingerprint density at radius 3 is 2.95 bits per heavy atom. The highest BCUT2D eigenvalue weighted by Crippen LogP contribution is 2.06. The van der Waals surface area contributed by atoms with Crippen molar-refractivity contribution < 1.29 is 4.79 Å². The lowest BCUT2D eigenvalue weighted by Crippen LogP contribution is -2.23. The molecule has 0 saturated heterocycles. The van der Waals surface area contributed by atoms with Crippen LogP contribution in [0, 0.1) is 0 Å². The van der Waals surface area contributed by atoms with Gasteiger partial charge >= 0.3 is 0 Å². The van der Waals surface area contributed by atoms with Gasteiger partial charge in [0.05, 0.1) is 0 Å². The molecule has 0 radical (unpaired) electrons. The first-order valence-corrected chi connectivity index (χ1v) is 6.44. The summed E-state index contributed by atoms with van der Waals surface area (Å²) in [6, 6.07) is 11.4. The van der Waals surface area contributed by atoms with Gasteiger partial charge in [0.1, 0.15) is 0 Å². The van der Waals surface area contributed by atoms with Crippen molar-refractivity contribution in [2.75, 3.05) is 12.3 Å². The van der Waals surface area contributed by atoms with Crippen molar-refractivity contribution in [1.29, 1.82) is 0 Å². The number of nitrogens with one attached hydrogen (secondary N) is 1. The monoisotopic (exact) mass is 267 g/mol. The first kappa shape index (κ1) is 13.8. The number of hydrogen-bond donors (Lipinski definition) is 2. The zero-order chi connectivity index (χ0) is 14.2. The van der Waals surface area contributed by atoms with Crippen LogP contribution in [0.25, 0.3) is 6.08 Å². The molecular weight excluding hydrogens is 250 g/mol. The van der Waals surface area contributed by atoms with Gasteiger partial charge in [-0.05, 0) is 41.8 Å². The van der Waals surface area contributed by atoms with Crippen molar-refractivity contribution >= 4 is 17.7 Å². The second-order valence-corrected chi connectivity index (χ2v) is 4.41. The number of carbonyl (C=O) groups is 1. The van der Waals surface area contributed by atoms with E-state index in [1.165, 1.54) is 6.08 Å². The summed E-state index contributed by atoms with van der Waals surface area (Å²) < 4.78 is 0. The summed E-state index contributed by atoms with van der Waals surface area (Å²) in [5, 5.41) is 2.83. The standard InChI is InChI=1S/C16H17N3O/c17-15-5-1-3-13(11-15)8-10-19-16(20)7-6-14-4-2-9-18-12-14/h1-7,9,11-12H,8,10,17H2,(H,19,20). The Hall–Kier alpha value is -2.62. The Bertz CT molecular complexity index is 594. The third-order valence-electron chi connectivity index (χ3n) is 2.78. The summed E-state index contributed by atoms with van der Waals surface area (Å²) in [5.41, 5.74) is 8.45. The third kappa shape index (κ3) is 4.57. The minimum absolute atomic E-state index is 0.113. The van der Waals surface area contributed by atoms with E-state index in [2.05, 4.69) is 10.3 Å². The van der Waals surface area contributed by atoms with Crippen LogP contribution in [0.2, 0.25) is 0 Å². The molecule has 0 bridgehead atoms. The topological polar surface area (TPSA) is 68.0 Å². The van der Waals surface area contributed by atoms with Crippen LogP contribution in [0.15, 0.2) is 54.9 Å². The van der Waals surface area contributed by atoms with Gasteiger partial charge in [0.15, 0.2) is 0 Å². The highest BCUT2D eigenvalue weighted by atomic mass is 16.1. The summed E-state index contributed by atoms with van der Waals surface area (Å²) in [7, 11) is 0. The van der Waals surface area contributed by atoms with Gasteiger partial charge in [-0.15, -0.1) is 0 Å². The van der Waals surface area contributed by atoms with E-state index in [4.69, 9.17) is 5.73 Å². The zero-order valence-electron chi connectivity index (χ0n) is 11.1. The van der Waals surface area contributed by atoms with Crippen molar-refractivity contribution in [2.24, 2.45) is 0 Å². The first-order chi connectivity index (χ1) is 9.74. The maximum Gasteiger partial charge on any atom is 0.244 e. The zero-order valence-corrected chi connectivity index (χ0v) is 11.1. The number of pyridine rings is 1. The minimum Gasteiger partial charge on any atom is -0.399 e. The van der Waals surface area contributed by atoms with Crippen LogP contribution in [0.3, 0.4) is 0 Å². The second-order valence-electron chi connectivity index (χ2n) is 4.41. The van der Waals surface area contributed by atoms with Crippen LogP contribution in [0.4, 0.5) is 5.69 Å². The Morgan fingerprint density at radius 1 is 1.30 bits per heavy atom. The molecule has 4 nitrogen and oxygen atoms in total. The van der Waals surface area contributed by atoms with Crippen molar-refractivity contribution in [3.63, 3.8) is 0 Å². The van der Waals surface area contributed by atoms with Crippen molar-refractivity contribution in [3.05, 3.63) is 66.0 Å². The van der Waals surface area contributed by atoms with Crippen LogP contribution in [-0.4, -0.2) is 17.4 Å². The molecule has 1 heterocycles. The van der Waals surface area contributed by atoms with Crippen LogP contribution >= 0.6 is 0 Å². The van der Waals surface area contributed by atoms with Gasteiger partial charge in [-0.2, -0.15) is 0 Å². The van der Waals surface area contributed by atoms with E-state index in [-0.39, 0.29) is 5.91 Å². The number of nitrogen functional groups attached to an aromatic ring is 1. The van der Waals surface area contributed by atoms with Gasteiger partial charge in [-0.3, -0.25) is 9.78 Å². The smallest absolute Gasteiger partial charge is 0.244 e. The fourth-order valence-electron chi connectivity index (χ4n) is 1.78. The van der Waals surface area contributed by atoms with Gasteiger partial charge in [0.2, 0.25) is 5.91 Å².